The van der Waals surface area contributed by atoms with Crippen molar-refractivity contribution in [2.45, 2.75) is 32.9 Å². The predicted molar refractivity (Wildman–Crippen MR) is 96.6 cm³/mol. The summed E-state index contributed by atoms with van der Waals surface area (Å²) >= 11 is 0. The number of rotatable bonds is 4. The van der Waals surface area contributed by atoms with Gasteiger partial charge >= 0.3 is 0 Å². The van der Waals surface area contributed by atoms with Crippen LogP contribution in [0, 0.1) is 5.41 Å². The Bertz CT molecular complexity index is 736. The van der Waals surface area contributed by atoms with Crippen LogP contribution in [0.25, 0.3) is 0 Å². The van der Waals surface area contributed by atoms with Crippen molar-refractivity contribution < 1.29 is 9.53 Å². The summed E-state index contributed by atoms with van der Waals surface area (Å²) in [7, 11) is 1.65. The van der Waals surface area contributed by atoms with Crippen LogP contribution < -0.4 is 10.5 Å². The van der Waals surface area contributed by atoms with E-state index >= 15 is 0 Å². The third-order valence-corrected chi connectivity index (χ3v) is 4.98. The number of methoxy groups -OCH3 is 1. The first kappa shape index (κ1) is 17.5. The molecule has 1 amide bonds. The van der Waals surface area contributed by atoms with Crippen molar-refractivity contribution in [3.8, 4) is 5.75 Å². The van der Waals surface area contributed by atoms with E-state index in [0.29, 0.717) is 25.2 Å². The van der Waals surface area contributed by atoms with Crippen LogP contribution in [0.1, 0.15) is 36.2 Å². The number of aromatic nitrogens is 2. The second-order valence-electron chi connectivity index (χ2n) is 7.39. The molecule has 134 valence electrons. The molecular formula is C19H26N4O2. The van der Waals surface area contributed by atoms with Gasteiger partial charge in [0.1, 0.15) is 5.75 Å². The number of carbonyl (C=O) groups is 1. The standard InChI is InChI=1S/C19H26N4O2/c1-19(2)13-22(9-8-17(19)20)18(24)15-10-21-23(12-15)11-14-4-6-16(25-3)7-5-14/h4-7,10,12,17H,8-9,11,13,20H2,1-3H3. The van der Waals surface area contributed by atoms with E-state index in [2.05, 4.69) is 18.9 Å². The van der Waals surface area contributed by atoms with E-state index in [9.17, 15) is 4.79 Å². The van der Waals surface area contributed by atoms with Gasteiger partial charge in [0, 0.05) is 25.3 Å². The lowest BCUT2D eigenvalue weighted by atomic mass is 9.79. The summed E-state index contributed by atoms with van der Waals surface area (Å²) < 4.78 is 6.95. The van der Waals surface area contributed by atoms with E-state index in [0.717, 1.165) is 17.7 Å². The van der Waals surface area contributed by atoms with Crippen molar-refractivity contribution in [3.63, 3.8) is 0 Å². The minimum Gasteiger partial charge on any atom is -0.497 e. The first-order valence-corrected chi connectivity index (χ1v) is 8.59. The first-order valence-electron chi connectivity index (χ1n) is 8.59. The summed E-state index contributed by atoms with van der Waals surface area (Å²) in [6.07, 6.45) is 4.29. The summed E-state index contributed by atoms with van der Waals surface area (Å²) in [5.74, 6) is 0.854. The number of benzene rings is 1. The minimum atomic E-state index is -0.0625. The number of nitrogens with zero attached hydrogens (tertiary/aromatic N) is 3. The lowest BCUT2D eigenvalue weighted by molar-refractivity contribution is 0.0533. The van der Waals surface area contributed by atoms with Gasteiger partial charge in [-0.3, -0.25) is 9.48 Å². The molecule has 0 aliphatic carbocycles. The lowest BCUT2D eigenvalue weighted by Gasteiger charge is -2.42. The highest BCUT2D eigenvalue weighted by Crippen LogP contribution is 2.28. The fraction of sp³-hybridized carbons (Fsp3) is 0.474. The third-order valence-electron chi connectivity index (χ3n) is 4.98. The molecule has 6 nitrogen and oxygen atoms in total. The van der Waals surface area contributed by atoms with Gasteiger partial charge in [-0.2, -0.15) is 5.10 Å². The summed E-state index contributed by atoms with van der Waals surface area (Å²) in [6, 6.07) is 7.97. The minimum absolute atomic E-state index is 0.0287. The summed E-state index contributed by atoms with van der Waals surface area (Å²) in [5, 5.41) is 4.33. The fourth-order valence-electron chi connectivity index (χ4n) is 3.21. The van der Waals surface area contributed by atoms with Gasteiger partial charge in [0.15, 0.2) is 0 Å². The molecule has 0 bridgehead atoms. The molecule has 1 aromatic carbocycles. The van der Waals surface area contributed by atoms with Crippen molar-refractivity contribution in [3.05, 3.63) is 47.8 Å². The van der Waals surface area contributed by atoms with Gasteiger partial charge in [-0.1, -0.05) is 26.0 Å². The van der Waals surface area contributed by atoms with Crippen LogP contribution in [0.5, 0.6) is 5.75 Å². The van der Waals surface area contributed by atoms with Gasteiger partial charge in [0.25, 0.3) is 5.91 Å². The molecule has 1 aliphatic rings. The molecule has 2 N–H and O–H groups in total. The van der Waals surface area contributed by atoms with Crippen LogP contribution >= 0.6 is 0 Å². The van der Waals surface area contributed by atoms with Crippen molar-refractivity contribution >= 4 is 5.91 Å². The number of ether oxygens (including phenoxy) is 1. The molecule has 0 radical (unpaired) electrons. The monoisotopic (exact) mass is 342 g/mol. The molecule has 1 fully saturated rings. The lowest BCUT2D eigenvalue weighted by Crippen LogP contribution is -2.53. The molecule has 0 saturated carbocycles. The maximum absolute atomic E-state index is 12.8. The molecule has 1 aliphatic heterocycles. The second kappa shape index (κ2) is 6.88. The Morgan fingerprint density at radius 2 is 2.08 bits per heavy atom. The van der Waals surface area contributed by atoms with Crippen LogP contribution in [-0.2, 0) is 6.54 Å². The topological polar surface area (TPSA) is 73.4 Å². The Morgan fingerprint density at radius 3 is 2.72 bits per heavy atom. The quantitative estimate of drug-likeness (QED) is 0.924. The molecular weight excluding hydrogens is 316 g/mol. The number of nitrogens with two attached hydrogens (primary N) is 1. The second-order valence-corrected chi connectivity index (χ2v) is 7.39. The number of likely N-dealkylation sites (tertiary alicyclic amines) is 1. The molecule has 1 saturated heterocycles. The average molecular weight is 342 g/mol. The van der Waals surface area contributed by atoms with E-state index in [4.69, 9.17) is 10.5 Å². The highest BCUT2D eigenvalue weighted by molar-refractivity contribution is 5.93. The van der Waals surface area contributed by atoms with Crippen LogP contribution in [-0.4, -0.2) is 46.8 Å². The maximum Gasteiger partial charge on any atom is 0.257 e. The molecule has 1 aromatic heterocycles. The van der Waals surface area contributed by atoms with Gasteiger partial charge in [-0.15, -0.1) is 0 Å². The Kier molecular flexibility index (Phi) is 4.81. The summed E-state index contributed by atoms with van der Waals surface area (Å²) in [4.78, 5) is 14.6. The zero-order valence-corrected chi connectivity index (χ0v) is 15.1. The number of carbonyl (C=O) groups excluding carboxylic acids is 1. The molecule has 2 aromatic rings. The van der Waals surface area contributed by atoms with Crippen molar-refractivity contribution in [2.24, 2.45) is 11.1 Å². The normalized spacial score (nSPS) is 19.7. The zero-order valence-electron chi connectivity index (χ0n) is 15.1. The van der Waals surface area contributed by atoms with E-state index in [1.807, 2.05) is 35.4 Å². The number of hydrogen-bond donors (Lipinski definition) is 1. The average Bonchev–Trinajstić information content (AvgIpc) is 3.06. The molecule has 1 atom stereocenters. The van der Waals surface area contributed by atoms with E-state index < -0.39 is 0 Å². The first-order chi connectivity index (χ1) is 11.9. The predicted octanol–water partition coefficient (Wildman–Crippen LogP) is 2.14. The number of hydrogen-bond acceptors (Lipinski definition) is 4. The SMILES string of the molecule is COc1ccc(Cn2cc(C(=O)N3CCC(N)C(C)(C)C3)cn2)cc1. The van der Waals surface area contributed by atoms with Crippen molar-refractivity contribution in [1.29, 1.82) is 0 Å². The van der Waals surface area contributed by atoms with Crippen molar-refractivity contribution in [2.75, 3.05) is 20.2 Å². The molecule has 6 heteroatoms. The zero-order chi connectivity index (χ0) is 18.0. The van der Waals surface area contributed by atoms with Gasteiger partial charge in [-0.25, -0.2) is 0 Å². The summed E-state index contributed by atoms with van der Waals surface area (Å²) in [5.41, 5.74) is 7.83. The number of amides is 1. The Balaban J connectivity index is 1.67. The highest BCUT2D eigenvalue weighted by atomic mass is 16.5. The van der Waals surface area contributed by atoms with E-state index in [1.165, 1.54) is 0 Å². The third kappa shape index (κ3) is 3.85. The number of piperidine rings is 1. The van der Waals surface area contributed by atoms with Crippen LogP contribution in [0.4, 0.5) is 0 Å². The van der Waals surface area contributed by atoms with Crippen LogP contribution in [0.15, 0.2) is 36.7 Å². The Hall–Kier alpha value is -2.34. The molecule has 0 spiro atoms. The van der Waals surface area contributed by atoms with Crippen LogP contribution in [0.3, 0.4) is 0 Å². The van der Waals surface area contributed by atoms with Gasteiger partial charge < -0.3 is 15.4 Å². The van der Waals surface area contributed by atoms with E-state index in [-0.39, 0.29) is 17.4 Å². The van der Waals surface area contributed by atoms with Gasteiger partial charge in [0.05, 0.1) is 25.4 Å². The van der Waals surface area contributed by atoms with E-state index in [1.54, 1.807) is 18.0 Å². The molecule has 3 rings (SSSR count). The van der Waals surface area contributed by atoms with Crippen molar-refractivity contribution in [1.82, 2.24) is 14.7 Å². The largest absolute Gasteiger partial charge is 0.497 e. The molecule has 25 heavy (non-hydrogen) atoms. The van der Waals surface area contributed by atoms with Crippen LogP contribution in [0.2, 0.25) is 0 Å². The molecule has 1 unspecified atom stereocenters. The maximum atomic E-state index is 12.8. The fourth-order valence-corrected chi connectivity index (χ4v) is 3.21. The Morgan fingerprint density at radius 1 is 1.36 bits per heavy atom. The Labute approximate surface area is 148 Å². The smallest absolute Gasteiger partial charge is 0.257 e. The molecule has 2 heterocycles. The van der Waals surface area contributed by atoms with Gasteiger partial charge in [-0.05, 0) is 29.5 Å². The van der Waals surface area contributed by atoms with Gasteiger partial charge in [0.2, 0.25) is 0 Å². The summed E-state index contributed by atoms with van der Waals surface area (Å²) in [6.45, 7) is 6.23. The highest BCUT2D eigenvalue weighted by Gasteiger charge is 2.35.